The summed E-state index contributed by atoms with van der Waals surface area (Å²) in [6.07, 6.45) is 7.31. The second kappa shape index (κ2) is 3.53. The minimum atomic E-state index is -4.45. The van der Waals surface area contributed by atoms with Gasteiger partial charge in [0.05, 0.1) is 6.42 Å². The first-order chi connectivity index (χ1) is 7.47. The zero-order valence-electron chi connectivity index (χ0n) is 8.28. The summed E-state index contributed by atoms with van der Waals surface area (Å²) in [5.41, 5.74) is 0. The monoisotopic (exact) mass is 242 g/mol. The van der Waals surface area contributed by atoms with Crippen molar-refractivity contribution in [1.29, 1.82) is 0 Å². The average Bonchev–Trinajstić information content (AvgIpc) is 2.64. The van der Waals surface area contributed by atoms with Crippen LogP contribution in [0.5, 0.6) is 0 Å². The quantitative estimate of drug-likeness (QED) is 0.706. The summed E-state index contributed by atoms with van der Waals surface area (Å²) in [6, 6.07) is 0. The lowest BCUT2D eigenvalue weighted by Crippen LogP contribution is -2.51. The molecule has 2 rings (SSSR count). The maximum absolute atomic E-state index is 11.5. The molecule has 2 aliphatic rings. The van der Waals surface area contributed by atoms with Crippen LogP contribution in [-0.4, -0.2) is 35.0 Å². The predicted octanol–water partition coefficient (Wildman–Crippen LogP) is 0.305. The maximum Gasteiger partial charge on any atom is 0.295 e. The van der Waals surface area contributed by atoms with Gasteiger partial charge in [-0.1, -0.05) is 18.2 Å². The predicted molar refractivity (Wildman–Crippen MR) is 57.1 cm³/mol. The topological polar surface area (TPSA) is 87.0 Å². The largest absolute Gasteiger partial charge is 0.295 e. The van der Waals surface area contributed by atoms with E-state index in [1.807, 2.05) is 0 Å². The Hall–Kier alpha value is -1.47. The molecule has 0 fully saturated rings. The van der Waals surface area contributed by atoms with E-state index in [9.17, 15) is 17.8 Å². The van der Waals surface area contributed by atoms with Crippen molar-refractivity contribution in [3.63, 3.8) is 0 Å². The van der Waals surface area contributed by atoms with E-state index in [0.29, 0.717) is 0 Å². The van der Waals surface area contributed by atoms with Crippen molar-refractivity contribution in [2.75, 3.05) is 0 Å². The highest BCUT2D eigenvalue weighted by molar-refractivity contribution is 7.87. The third kappa shape index (κ3) is 1.48. The van der Waals surface area contributed by atoms with Gasteiger partial charge in [-0.05, 0) is 6.08 Å². The second-order valence-electron chi connectivity index (χ2n) is 3.52. The van der Waals surface area contributed by atoms with Gasteiger partial charge in [0.2, 0.25) is 10.8 Å². The fourth-order valence-corrected chi connectivity index (χ4v) is 2.63. The molecule has 16 heavy (non-hydrogen) atoms. The van der Waals surface area contributed by atoms with Crippen LogP contribution >= 0.6 is 0 Å². The van der Waals surface area contributed by atoms with Crippen molar-refractivity contribution in [1.82, 2.24) is 5.01 Å². The molecule has 0 saturated heterocycles. The Kier molecular flexibility index (Phi) is 2.43. The van der Waals surface area contributed by atoms with Crippen LogP contribution in [0.15, 0.2) is 29.4 Å². The summed E-state index contributed by atoms with van der Waals surface area (Å²) in [5.74, 6) is -0.447. The fraction of sp³-hybridized carbons (Fsp3) is 0.333. The Morgan fingerprint density at radius 2 is 2.19 bits per heavy atom. The number of rotatable bonds is 2. The number of carbonyl (C=O) groups is 1. The van der Waals surface area contributed by atoms with Gasteiger partial charge in [-0.15, -0.1) is 0 Å². The molecule has 1 unspecified atom stereocenters. The Bertz CT molecular complexity index is 506. The number of hydrogen-bond donors (Lipinski definition) is 1. The molecule has 0 bridgehead atoms. The van der Waals surface area contributed by atoms with E-state index in [2.05, 4.69) is 5.10 Å². The molecule has 0 radical (unpaired) electrons. The van der Waals surface area contributed by atoms with E-state index in [-0.39, 0.29) is 12.8 Å². The summed E-state index contributed by atoms with van der Waals surface area (Å²) >= 11 is 0. The molecule has 1 atom stereocenters. The molecule has 6 nitrogen and oxygen atoms in total. The highest BCUT2D eigenvalue weighted by Crippen LogP contribution is 2.33. The van der Waals surface area contributed by atoms with Crippen LogP contribution in [0, 0.1) is 0 Å². The van der Waals surface area contributed by atoms with Gasteiger partial charge in [0.1, 0.15) is 0 Å². The van der Waals surface area contributed by atoms with E-state index in [1.165, 1.54) is 18.4 Å². The molecule has 0 spiro atoms. The Labute approximate surface area is 92.7 Å². The molecule has 0 aromatic rings. The lowest BCUT2D eigenvalue weighted by atomic mass is 10.1. The highest BCUT2D eigenvalue weighted by atomic mass is 32.2. The molecule has 1 heterocycles. The zero-order chi connectivity index (χ0) is 11.8. The van der Waals surface area contributed by atoms with Gasteiger partial charge >= 0.3 is 0 Å². The minimum absolute atomic E-state index is 0.00852. The standard InChI is InChI=1S/C9H10N2O4S/c12-8-4-7-10-11(8)9(16(13,14)15)5-2-1-3-6-9/h1-3,5,7H,4,6H2,(H,13,14,15). The molecule has 7 heteroatoms. The average molecular weight is 242 g/mol. The van der Waals surface area contributed by atoms with E-state index in [4.69, 9.17) is 0 Å². The molecule has 0 aromatic carbocycles. The lowest BCUT2D eigenvalue weighted by molar-refractivity contribution is -0.131. The van der Waals surface area contributed by atoms with Gasteiger partial charge in [-0.3, -0.25) is 9.35 Å². The van der Waals surface area contributed by atoms with E-state index < -0.39 is 20.9 Å². The highest BCUT2D eigenvalue weighted by Gasteiger charge is 2.49. The molecule has 0 aromatic heterocycles. The van der Waals surface area contributed by atoms with Crippen LogP contribution in [-0.2, 0) is 14.9 Å². The Morgan fingerprint density at radius 3 is 2.62 bits per heavy atom. The van der Waals surface area contributed by atoms with Crippen molar-refractivity contribution in [3.05, 3.63) is 24.3 Å². The smallest absolute Gasteiger partial charge is 0.283 e. The zero-order valence-corrected chi connectivity index (χ0v) is 9.09. The summed E-state index contributed by atoms with van der Waals surface area (Å²) in [5, 5.41) is 4.54. The SMILES string of the molecule is O=C1CC=NN1C1(S(=O)(=O)O)C=CC=CC1. The normalized spacial score (nSPS) is 29.1. The second-order valence-corrected chi connectivity index (χ2v) is 5.18. The van der Waals surface area contributed by atoms with Crippen LogP contribution in [0.1, 0.15) is 12.8 Å². The first kappa shape index (κ1) is 11.0. The Balaban J connectivity index is 2.52. The van der Waals surface area contributed by atoms with E-state index in [1.54, 1.807) is 12.2 Å². The lowest BCUT2D eigenvalue weighted by Gasteiger charge is -2.33. The summed E-state index contributed by atoms with van der Waals surface area (Å²) < 4.78 is 32.2. The molecule has 86 valence electrons. The van der Waals surface area contributed by atoms with Crippen LogP contribution in [0.4, 0.5) is 0 Å². The van der Waals surface area contributed by atoms with E-state index >= 15 is 0 Å². The third-order valence-corrected chi connectivity index (χ3v) is 3.89. The maximum atomic E-state index is 11.5. The van der Waals surface area contributed by atoms with Gasteiger partial charge in [-0.2, -0.15) is 13.5 Å². The van der Waals surface area contributed by atoms with Gasteiger partial charge in [0.25, 0.3) is 10.1 Å². The fourth-order valence-electron chi connectivity index (χ4n) is 1.71. The first-order valence-electron chi connectivity index (χ1n) is 4.64. The molecule has 1 amide bonds. The number of nitrogens with zero attached hydrogens (tertiary/aromatic N) is 2. The molecule has 0 saturated carbocycles. The van der Waals surface area contributed by atoms with Crippen LogP contribution in [0.2, 0.25) is 0 Å². The Morgan fingerprint density at radius 1 is 1.44 bits per heavy atom. The third-order valence-electron chi connectivity index (χ3n) is 2.52. The number of hydrogen-bond acceptors (Lipinski definition) is 4. The van der Waals surface area contributed by atoms with Crippen LogP contribution in [0.25, 0.3) is 0 Å². The molecule has 1 aliphatic heterocycles. The van der Waals surface area contributed by atoms with Crippen molar-refractivity contribution >= 4 is 22.2 Å². The number of hydrazone groups is 1. The van der Waals surface area contributed by atoms with Gasteiger partial charge in [-0.25, -0.2) is 5.01 Å². The molecule has 1 N–H and O–H groups in total. The van der Waals surface area contributed by atoms with Gasteiger partial charge in [0.15, 0.2) is 0 Å². The summed E-state index contributed by atoms with van der Waals surface area (Å²) in [7, 11) is -4.45. The number of amides is 1. The summed E-state index contributed by atoms with van der Waals surface area (Å²) in [4.78, 5) is 9.71. The minimum Gasteiger partial charge on any atom is -0.283 e. The van der Waals surface area contributed by atoms with Crippen molar-refractivity contribution in [3.8, 4) is 0 Å². The van der Waals surface area contributed by atoms with E-state index in [0.717, 1.165) is 5.01 Å². The molecular weight excluding hydrogens is 232 g/mol. The van der Waals surface area contributed by atoms with Crippen LogP contribution in [0.3, 0.4) is 0 Å². The molecule has 1 aliphatic carbocycles. The van der Waals surface area contributed by atoms with Crippen molar-refractivity contribution in [2.45, 2.75) is 17.7 Å². The van der Waals surface area contributed by atoms with Gasteiger partial charge in [0, 0.05) is 12.6 Å². The number of carbonyl (C=O) groups excluding carboxylic acids is 1. The first-order valence-corrected chi connectivity index (χ1v) is 6.08. The number of allylic oxidation sites excluding steroid dienone is 2. The van der Waals surface area contributed by atoms with Crippen LogP contribution < -0.4 is 0 Å². The van der Waals surface area contributed by atoms with Crippen molar-refractivity contribution in [2.24, 2.45) is 5.10 Å². The van der Waals surface area contributed by atoms with Gasteiger partial charge < -0.3 is 0 Å². The molecular formula is C9H10N2O4S. The summed E-state index contributed by atoms with van der Waals surface area (Å²) in [6.45, 7) is 0. The van der Waals surface area contributed by atoms with Crippen molar-refractivity contribution < 1.29 is 17.8 Å².